The van der Waals surface area contributed by atoms with E-state index in [1.807, 2.05) is 181 Å². The van der Waals surface area contributed by atoms with E-state index in [-0.39, 0.29) is 107 Å². The molecule has 0 spiro atoms. The highest BCUT2D eigenvalue weighted by molar-refractivity contribution is 6.06. The third-order valence-electron chi connectivity index (χ3n) is 19.5. The lowest BCUT2D eigenvalue weighted by molar-refractivity contribution is -0.136. The van der Waals surface area contributed by atoms with E-state index in [0.717, 1.165) is 79.9 Å². The van der Waals surface area contributed by atoms with Crippen LogP contribution in [0.25, 0.3) is 0 Å². The number of ketones is 6. The highest BCUT2D eigenvalue weighted by Crippen LogP contribution is 2.43. The number of phenols is 2. The van der Waals surface area contributed by atoms with Crippen molar-refractivity contribution in [2.75, 3.05) is 0 Å². The van der Waals surface area contributed by atoms with E-state index in [0.29, 0.717) is 149 Å². The maximum Gasteiger partial charge on any atom is 0.311 e. The number of benzene rings is 4. The Bertz CT molecular complexity index is 4000. The molecule has 18 heteroatoms. The van der Waals surface area contributed by atoms with E-state index in [4.69, 9.17) is 37.9 Å². The molecule has 0 saturated carbocycles. The minimum Gasteiger partial charge on any atom is -0.508 e. The summed E-state index contributed by atoms with van der Waals surface area (Å²) in [6.07, 6.45) is 16.0. The van der Waals surface area contributed by atoms with Crippen LogP contribution in [-0.4, -0.2) is 93.5 Å². The van der Waals surface area contributed by atoms with Crippen LogP contribution in [0.1, 0.15) is 367 Å². The number of allylic oxidation sites excluding steroid dienone is 6. The molecule has 0 aromatic heterocycles. The predicted molar refractivity (Wildman–Crippen MR) is 487 cm³/mol. The Labute approximate surface area is 723 Å². The van der Waals surface area contributed by atoms with E-state index >= 15 is 0 Å². The first-order chi connectivity index (χ1) is 56.4. The lowest BCUT2D eigenvalue weighted by Crippen LogP contribution is -2.23. The number of ether oxygens (including phenoxy) is 8. The molecule has 0 radical (unpaired) electrons. The largest absolute Gasteiger partial charge is 0.508 e. The molecule has 2 aliphatic carbocycles. The Morgan fingerprint density at radius 2 is 0.842 bits per heavy atom. The highest BCUT2D eigenvalue weighted by atomic mass is 16.5. The molecular formula is C102H156O18. The minimum absolute atomic E-state index is 0.0125. The van der Waals surface area contributed by atoms with Crippen molar-refractivity contribution in [2.45, 2.75) is 385 Å². The zero-order chi connectivity index (χ0) is 91.7. The quantitative estimate of drug-likeness (QED) is 0.0326. The number of hydrogen-bond acceptors (Lipinski definition) is 18. The zero-order valence-electron chi connectivity index (χ0n) is 79.8. The van der Waals surface area contributed by atoms with Crippen molar-refractivity contribution < 1.29 is 86.5 Å². The molecule has 2 unspecified atom stereocenters. The van der Waals surface area contributed by atoms with Crippen LogP contribution < -0.4 is 28.4 Å². The predicted octanol–water partition coefficient (Wildman–Crippen LogP) is 25.1. The fourth-order valence-corrected chi connectivity index (χ4v) is 13.1. The van der Waals surface area contributed by atoms with Crippen LogP contribution in [-0.2, 0) is 73.5 Å². The monoisotopic (exact) mass is 1670 g/mol. The molecule has 0 bridgehead atoms. The maximum atomic E-state index is 12.1. The fraction of sp³-hybridized carbons (Fsp3) is 0.608. The Balaban J connectivity index is 0.000000714. The van der Waals surface area contributed by atoms with E-state index in [1.165, 1.54) is 11.1 Å². The standard InChI is InChI=1S/4C17H26O3.2C15H20O3.2C2H6/c2*1-6-14(18)8-7-13-9-15(11(2)3)17(10-16(13)19)20-12(4)5;2*1-6-13(18)7-8-15-16(19)10-9-14(11(2)3)17(15)20-12(4)5;1-9(2)11-5-7-13-12(6-8-14(16)18-13)15(11)17-10(3)4;1-9(2)12-7-11-5-6-15(16)18-13(11)8-14(12)17-10(3)4;2*1-2/h9-12,19H,6-8H2,1-5H3;9-12,15H,6-8H2,1-5H3;9-12,19H,6-8H2,1-5H3;9-12,14H,6-8H2,1-5H3;5,7,9-10H,6,8H2,1-4H3;7-10H,5-6H2,1-4H3;2*1-2H3. The summed E-state index contributed by atoms with van der Waals surface area (Å²) in [4.78, 5) is 92.7. The van der Waals surface area contributed by atoms with Gasteiger partial charge in [0.05, 0.1) is 49.5 Å². The van der Waals surface area contributed by atoms with Gasteiger partial charge in [-0.15, -0.1) is 0 Å². The second kappa shape index (κ2) is 56.0. The molecule has 0 saturated heterocycles. The summed E-state index contributed by atoms with van der Waals surface area (Å²) in [5.41, 5.74) is 9.68. The van der Waals surface area contributed by atoms with Crippen LogP contribution in [0.5, 0.6) is 46.0 Å². The van der Waals surface area contributed by atoms with E-state index in [9.17, 15) is 48.6 Å². The van der Waals surface area contributed by atoms with E-state index < -0.39 is 0 Å². The Morgan fingerprint density at radius 3 is 1.32 bits per heavy atom. The molecule has 4 aromatic carbocycles. The second-order valence-corrected chi connectivity index (χ2v) is 33.8. The van der Waals surface area contributed by atoms with Crippen molar-refractivity contribution >= 4 is 46.6 Å². The number of phenolic OH excluding ortho intramolecular Hbond substituents is 2. The van der Waals surface area contributed by atoms with Crippen molar-refractivity contribution in [3.8, 4) is 46.0 Å². The first kappa shape index (κ1) is 109. The lowest BCUT2D eigenvalue weighted by Gasteiger charge is -2.28. The van der Waals surface area contributed by atoms with Crippen molar-refractivity contribution in [1.29, 1.82) is 0 Å². The Kier molecular flexibility index (Phi) is 51.0. The smallest absolute Gasteiger partial charge is 0.311 e. The summed E-state index contributed by atoms with van der Waals surface area (Å²) < 4.78 is 45.7. The van der Waals surface area contributed by atoms with Crippen LogP contribution in [0.3, 0.4) is 0 Å². The molecular weight excluding hydrogens is 1510 g/mol. The van der Waals surface area contributed by atoms with Crippen molar-refractivity contribution in [3.05, 3.63) is 140 Å². The molecule has 672 valence electrons. The summed E-state index contributed by atoms with van der Waals surface area (Å²) >= 11 is 0. The summed E-state index contributed by atoms with van der Waals surface area (Å²) in [5.74, 6) is 9.35. The molecule has 8 rings (SSSR count). The summed E-state index contributed by atoms with van der Waals surface area (Å²) in [7, 11) is 0. The van der Waals surface area contributed by atoms with Crippen LogP contribution in [0, 0.1) is 23.7 Å². The molecule has 4 aliphatic rings. The number of esters is 2. The van der Waals surface area contributed by atoms with Crippen LogP contribution in [0.15, 0.2) is 95.5 Å². The van der Waals surface area contributed by atoms with E-state index in [1.54, 1.807) is 24.3 Å². The number of aryl methyl sites for hydroxylation is 2. The molecule has 2 atom stereocenters. The number of aromatic hydroxyl groups is 2. The summed E-state index contributed by atoms with van der Waals surface area (Å²) in [6.45, 7) is 64.6. The summed E-state index contributed by atoms with van der Waals surface area (Å²) in [6, 6.07) is 15.1. The molecule has 0 amide bonds. The summed E-state index contributed by atoms with van der Waals surface area (Å²) in [5, 5.41) is 20.2. The third kappa shape index (κ3) is 37.7. The van der Waals surface area contributed by atoms with Gasteiger partial charge in [0.25, 0.3) is 0 Å². The van der Waals surface area contributed by atoms with Crippen molar-refractivity contribution in [3.63, 3.8) is 0 Å². The van der Waals surface area contributed by atoms with E-state index in [2.05, 4.69) is 89.2 Å². The first-order valence-electron chi connectivity index (χ1n) is 44.8. The van der Waals surface area contributed by atoms with Gasteiger partial charge in [0, 0.05) is 98.1 Å². The SMILES string of the molecule is CC.CC.CC(C)Oc1c(C(C)C)ccc2c1CCC(=O)O2.CC(C)Oc1cc2c(cc1C(C)C)CCC(=O)O2.CCC(=O)CCC1=C(OC(C)C)C(C(C)C)C=CC1=O.CCC(=O)CCC1=CC(C(C)C)C(OC(C)C)=CC1=O.CCC(=O)CCc1c(O)ccc(C(C)C)c1OC(C)C.CCC(=O)CCc1cc(C(C)C)c(OC(C)C)cc1O. The minimum atomic E-state index is -0.157. The maximum absolute atomic E-state index is 12.1. The van der Waals surface area contributed by atoms with Gasteiger partial charge in [-0.25, -0.2) is 0 Å². The zero-order valence-corrected chi connectivity index (χ0v) is 79.8. The number of hydrogen-bond donors (Lipinski definition) is 2. The molecule has 2 heterocycles. The number of carbonyl (C=O) groups excluding carboxylic acids is 8. The molecule has 4 aromatic rings. The van der Waals surface area contributed by atoms with Gasteiger partial charge < -0.3 is 48.1 Å². The molecule has 0 fully saturated rings. The number of Topliss-reactive ketones (excluding diaryl/α,β-unsaturated/α-hetero) is 4. The normalized spacial score (nSPS) is 14.6. The van der Waals surface area contributed by atoms with Gasteiger partial charge >= 0.3 is 11.9 Å². The van der Waals surface area contributed by atoms with Gasteiger partial charge in [0.2, 0.25) is 0 Å². The van der Waals surface area contributed by atoms with Gasteiger partial charge in [0.15, 0.2) is 11.6 Å². The van der Waals surface area contributed by atoms with Gasteiger partial charge in [-0.3, -0.25) is 38.4 Å². The lowest BCUT2D eigenvalue weighted by atomic mass is 9.84. The molecule has 2 aliphatic heterocycles. The van der Waals surface area contributed by atoms with Gasteiger partial charge in [-0.05, 0) is 226 Å². The van der Waals surface area contributed by atoms with Crippen molar-refractivity contribution in [2.24, 2.45) is 23.7 Å². The van der Waals surface area contributed by atoms with Crippen LogP contribution in [0.4, 0.5) is 0 Å². The van der Waals surface area contributed by atoms with Crippen LogP contribution >= 0.6 is 0 Å². The fourth-order valence-electron chi connectivity index (χ4n) is 13.1. The molecule has 120 heavy (non-hydrogen) atoms. The Hall–Kier alpha value is -8.80. The topological polar surface area (TPSA) is 251 Å². The highest BCUT2D eigenvalue weighted by Gasteiger charge is 2.32. The van der Waals surface area contributed by atoms with Gasteiger partial charge in [-0.1, -0.05) is 163 Å². The average Bonchev–Trinajstić information content (AvgIpc) is 0.798. The molecule has 18 nitrogen and oxygen atoms in total. The Morgan fingerprint density at radius 1 is 0.417 bits per heavy atom. The van der Waals surface area contributed by atoms with Gasteiger partial charge in [-0.2, -0.15) is 0 Å². The third-order valence-corrected chi connectivity index (χ3v) is 19.5. The van der Waals surface area contributed by atoms with Gasteiger partial charge in [0.1, 0.15) is 80.6 Å². The number of rotatable bonds is 34. The number of fused-ring (bicyclic) bond motifs is 2. The number of carbonyl (C=O) groups is 8. The second-order valence-electron chi connectivity index (χ2n) is 33.8. The van der Waals surface area contributed by atoms with Crippen molar-refractivity contribution in [1.82, 2.24) is 0 Å². The average molecular weight is 1670 g/mol. The molecule has 2 N–H and O–H groups in total. The first-order valence-corrected chi connectivity index (χ1v) is 44.8. The van der Waals surface area contributed by atoms with Crippen LogP contribution in [0.2, 0.25) is 0 Å².